The van der Waals surface area contributed by atoms with Crippen LogP contribution in [-0.4, -0.2) is 94.2 Å². The number of hydrogen-bond donors (Lipinski definition) is 5. The highest BCUT2D eigenvalue weighted by Gasteiger charge is 2.38. The van der Waals surface area contributed by atoms with E-state index < -0.39 is 29.8 Å². The fourth-order valence-electron chi connectivity index (χ4n) is 5.05. The smallest absolute Gasteiger partial charge is 0.478 e. The second-order valence-corrected chi connectivity index (χ2v) is 12.5. The average Bonchev–Trinajstić information content (AvgIpc) is 3.31. The van der Waals surface area contributed by atoms with Crippen molar-refractivity contribution in [2.24, 2.45) is 0 Å². The number of aliphatic hydroxyl groups excluding tert-OH is 1. The summed E-state index contributed by atoms with van der Waals surface area (Å²) in [5.74, 6) is -3.97. The molecule has 16 heteroatoms. The second-order valence-electron chi connectivity index (χ2n) is 11.6. The number of ether oxygens (including phenoxy) is 1. The molecule has 2 fully saturated rings. The zero-order chi connectivity index (χ0) is 34.4. The van der Waals surface area contributed by atoms with Gasteiger partial charge in [-0.3, -0.25) is 9.69 Å². The van der Waals surface area contributed by atoms with Gasteiger partial charge in [0.05, 0.1) is 28.5 Å². The molecule has 0 spiro atoms. The Morgan fingerprint density at radius 3 is 2.11 bits per heavy atom. The lowest BCUT2D eigenvalue weighted by atomic mass is 10.0. The molecule has 0 aromatic heterocycles. The van der Waals surface area contributed by atoms with Crippen LogP contribution in [-0.2, 0) is 20.9 Å². The van der Waals surface area contributed by atoms with Gasteiger partial charge in [0, 0.05) is 43.7 Å². The summed E-state index contributed by atoms with van der Waals surface area (Å²) in [5.41, 5.74) is 0.803. The molecule has 254 valence electrons. The summed E-state index contributed by atoms with van der Waals surface area (Å²) in [6.45, 7) is 7.91. The van der Waals surface area contributed by atoms with E-state index in [0.717, 1.165) is 37.5 Å². The number of carbonyl (C=O) groups excluding carboxylic acids is 1. The lowest BCUT2D eigenvalue weighted by Gasteiger charge is -2.34. The van der Waals surface area contributed by atoms with Crippen molar-refractivity contribution in [3.05, 3.63) is 52.0 Å². The van der Waals surface area contributed by atoms with Gasteiger partial charge in [-0.05, 0) is 63.5 Å². The third-order valence-electron chi connectivity index (χ3n) is 7.47. The molecule has 5 N–H and O–H groups in total. The topological polar surface area (TPSA) is 152 Å². The lowest BCUT2D eigenvalue weighted by molar-refractivity contribution is -0.192. The number of carbonyl (C=O) groups is 3. The van der Waals surface area contributed by atoms with E-state index in [1.807, 2.05) is 17.0 Å². The molecule has 2 saturated heterocycles. The predicted molar refractivity (Wildman–Crippen MR) is 167 cm³/mol. The summed E-state index contributed by atoms with van der Waals surface area (Å²) in [6.07, 6.45) is -3.77. The van der Waals surface area contributed by atoms with Crippen molar-refractivity contribution in [1.29, 1.82) is 0 Å². The van der Waals surface area contributed by atoms with Gasteiger partial charge in [0.2, 0.25) is 5.91 Å². The third kappa shape index (κ3) is 10.6. The number of halogens is 5. The molecule has 0 radical (unpaired) electrons. The minimum absolute atomic E-state index is 0.168. The maximum atomic E-state index is 11.9. The molecule has 0 bridgehead atoms. The number of carboxylic acid groups (broad SMARTS) is 2. The normalized spacial score (nSPS) is 19.3. The van der Waals surface area contributed by atoms with E-state index >= 15 is 0 Å². The first-order chi connectivity index (χ1) is 21.4. The second kappa shape index (κ2) is 15.5. The summed E-state index contributed by atoms with van der Waals surface area (Å²) in [5, 5.41) is 34.9. The monoisotopic (exact) mass is 692 g/mol. The number of aliphatic carboxylic acids is 2. The molecule has 2 aromatic carbocycles. The van der Waals surface area contributed by atoms with Crippen LogP contribution in [0.4, 0.5) is 24.5 Å². The molecule has 1 amide bonds. The van der Waals surface area contributed by atoms with Crippen LogP contribution in [0, 0.1) is 0 Å². The van der Waals surface area contributed by atoms with E-state index in [1.165, 1.54) is 26.3 Å². The largest absolute Gasteiger partial charge is 0.490 e. The number of aliphatic hydroxyl groups is 1. The molecule has 46 heavy (non-hydrogen) atoms. The highest BCUT2D eigenvalue weighted by atomic mass is 35.5. The van der Waals surface area contributed by atoms with Crippen LogP contribution in [0.15, 0.2) is 36.4 Å². The number of benzene rings is 2. The van der Waals surface area contributed by atoms with Gasteiger partial charge < -0.3 is 35.6 Å². The Morgan fingerprint density at radius 1 is 1.00 bits per heavy atom. The molecule has 4 rings (SSSR count). The van der Waals surface area contributed by atoms with E-state index in [9.17, 15) is 33.0 Å². The van der Waals surface area contributed by atoms with Gasteiger partial charge >= 0.3 is 18.1 Å². The van der Waals surface area contributed by atoms with Crippen LogP contribution in [0.3, 0.4) is 0 Å². The fraction of sp³-hybridized carbons (Fsp3) is 0.500. The molecule has 0 aliphatic carbocycles. The van der Waals surface area contributed by atoms with Gasteiger partial charge in [-0.2, -0.15) is 13.2 Å². The number of likely N-dealkylation sites (tertiary alicyclic amines) is 1. The van der Waals surface area contributed by atoms with Crippen LogP contribution in [0.25, 0.3) is 0 Å². The van der Waals surface area contributed by atoms with Gasteiger partial charge in [0.15, 0.2) is 5.60 Å². The van der Waals surface area contributed by atoms with Crippen molar-refractivity contribution in [3.63, 3.8) is 0 Å². The Kier molecular flexibility index (Phi) is 12.5. The van der Waals surface area contributed by atoms with Crippen molar-refractivity contribution < 1.29 is 47.6 Å². The molecule has 2 atom stereocenters. The van der Waals surface area contributed by atoms with Crippen molar-refractivity contribution in [2.45, 2.75) is 70.1 Å². The SMILES string of the molecule is CC(=O)Nc1cc(Cl)c(OC(C)(C)C(=O)O)cc1N1CC(NC2CCN(Cc3ccc(Cl)cc3)CC2)[C@H](O)C1.O=C(O)C(F)(F)F. The number of β-amino-alcohol motifs (C(OH)–C–C–N with tert-alkyl or cyclic N) is 1. The number of piperidine rings is 1. The first kappa shape index (κ1) is 37.2. The van der Waals surface area contributed by atoms with Crippen LogP contribution in [0.5, 0.6) is 5.75 Å². The van der Waals surface area contributed by atoms with Crippen LogP contribution >= 0.6 is 23.2 Å². The van der Waals surface area contributed by atoms with Gasteiger partial charge in [0.1, 0.15) is 5.75 Å². The van der Waals surface area contributed by atoms with Crippen LogP contribution in [0.1, 0.15) is 39.2 Å². The average molecular weight is 694 g/mol. The molecule has 2 aliphatic rings. The van der Waals surface area contributed by atoms with E-state index in [0.29, 0.717) is 24.5 Å². The third-order valence-corrected chi connectivity index (χ3v) is 8.02. The zero-order valence-electron chi connectivity index (χ0n) is 25.4. The van der Waals surface area contributed by atoms with Gasteiger partial charge in [-0.25, -0.2) is 9.59 Å². The van der Waals surface area contributed by atoms with Crippen molar-refractivity contribution in [2.75, 3.05) is 36.4 Å². The Labute approximate surface area is 274 Å². The van der Waals surface area contributed by atoms with Crippen LogP contribution in [0.2, 0.25) is 10.0 Å². The quantitative estimate of drug-likeness (QED) is 0.252. The van der Waals surface area contributed by atoms with E-state index in [1.54, 1.807) is 12.1 Å². The van der Waals surface area contributed by atoms with Crippen LogP contribution < -0.4 is 20.3 Å². The number of amides is 1. The number of nitrogens with zero attached hydrogens (tertiary/aromatic N) is 2. The van der Waals surface area contributed by atoms with Gasteiger partial charge in [0.25, 0.3) is 0 Å². The molecule has 2 aromatic rings. The summed E-state index contributed by atoms with van der Waals surface area (Å²) >= 11 is 12.4. The number of alkyl halides is 3. The van der Waals surface area contributed by atoms with Crippen molar-refractivity contribution in [1.82, 2.24) is 10.2 Å². The van der Waals surface area contributed by atoms with E-state index in [-0.39, 0.29) is 28.8 Å². The number of carboxylic acids is 2. The Bertz CT molecular complexity index is 1390. The summed E-state index contributed by atoms with van der Waals surface area (Å²) in [7, 11) is 0. The number of anilines is 2. The highest BCUT2D eigenvalue weighted by molar-refractivity contribution is 6.32. The number of hydrogen-bond acceptors (Lipinski definition) is 8. The zero-order valence-corrected chi connectivity index (χ0v) is 26.9. The predicted octanol–water partition coefficient (Wildman–Crippen LogP) is 4.63. The highest BCUT2D eigenvalue weighted by Crippen LogP contribution is 2.39. The fourth-order valence-corrected chi connectivity index (χ4v) is 5.37. The Balaban J connectivity index is 0.000000738. The standard InChI is InChI=1S/C28H36Cl2N4O5.C2HF3O2/c1-17(35)31-22-12-21(30)26(39-28(2,3)27(37)38)13-24(22)34-15-23(25(36)16-34)32-20-8-10-33(11-9-20)14-18-4-6-19(29)7-5-18;3-2(4,5)1(6)7/h4-7,12-13,20,23,25,32,36H,8-11,14-16H2,1-3H3,(H,31,35)(H,37,38);(H,6,7)/t23?,25-;/m1./s1. The number of rotatable bonds is 9. The summed E-state index contributed by atoms with van der Waals surface area (Å²) in [4.78, 5) is 36.8. The summed E-state index contributed by atoms with van der Waals surface area (Å²) in [6, 6.07) is 11.2. The lowest BCUT2D eigenvalue weighted by Crippen LogP contribution is -2.49. The molecule has 11 nitrogen and oxygen atoms in total. The number of nitrogens with one attached hydrogen (secondary N) is 2. The molecular formula is C30H37Cl2F3N4O7. The minimum Gasteiger partial charge on any atom is -0.478 e. The molecule has 2 aliphatic heterocycles. The van der Waals surface area contributed by atoms with Crippen molar-refractivity contribution in [3.8, 4) is 5.75 Å². The first-order valence-corrected chi connectivity index (χ1v) is 15.1. The van der Waals surface area contributed by atoms with Gasteiger partial charge in [-0.1, -0.05) is 35.3 Å². The van der Waals surface area contributed by atoms with Gasteiger partial charge in [-0.15, -0.1) is 0 Å². The maximum Gasteiger partial charge on any atom is 0.490 e. The molecule has 1 unspecified atom stereocenters. The van der Waals surface area contributed by atoms with E-state index in [4.69, 9.17) is 37.8 Å². The Morgan fingerprint density at radius 2 is 1.59 bits per heavy atom. The van der Waals surface area contributed by atoms with E-state index in [2.05, 4.69) is 27.7 Å². The first-order valence-electron chi connectivity index (χ1n) is 14.3. The minimum atomic E-state index is -5.08. The molecule has 2 heterocycles. The summed E-state index contributed by atoms with van der Waals surface area (Å²) < 4.78 is 37.5. The Hall–Kier alpha value is -3.30. The maximum absolute atomic E-state index is 11.9. The molecule has 0 saturated carbocycles. The van der Waals surface area contributed by atoms with Crippen molar-refractivity contribution >= 4 is 52.4 Å². The molecular weight excluding hydrogens is 656 g/mol.